The van der Waals surface area contributed by atoms with E-state index in [0.717, 1.165) is 10.4 Å². The molecule has 2 rings (SSSR count). The van der Waals surface area contributed by atoms with Crippen molar-refractivity contribution in [1.82, 2.24) is 9.29 Å². The molecule has 21 heavy (non-hydrogen) atoms. The molecule has 1 aliphatic rings. The molecule has 1 atom stereocenters. The molecule has 0 radical (unpaired) electrons. The van der Waals surface area contributed by atoms with E-state index in [2.05, 4.69) is 4.98 Å². The predicted molar refractivity (Wildman–Crippen MR) is 64.7 cm³/mol. The highest BCUT2D eigenvalue weighted by Crippen LogP contribution is 2.30. The molecule has 0 amide bonds. The van der Waals surface area contributed by atoms with Crippen LogP contribution in [0.3, 0.4) is 0 Å². The summed E-state index contributed by atoms with van der Waals surface area (Å²) in [7, 11) is -4.10. The molecule has 0 saturated carbocycles. The van der Waals surface area contributed by atoms with Crippen molar-refractivity contribution >= 4 is 10.0 Å². The van der Waals surface area contributed by atoms with Gasteiger partial charge in [-0.2, -0.15) is 17.5 Å². The third-order valence-corrected chi connectivity index (χ3v) is 5.02. The van der Waals surface area contributed by atoms with Crippen LogP contribution in [0.15, 0.2) is 23.4 Å². The van der Waals surface area contributed by atoms with E-state index >= 15 is 0 Å². The number of aliphatic hydroxyl groups excluding tert-OH is 1. The zero-order chi connectivity index (χ0) is 15.9. The fourth-order valence-electron chi connectivity index (χ4n) is 1.99. The molecule has 1 aliphatic heterocycles. The van der Waals surface area contributed by atoms with Crippen molar-refractivity contribution in [3.63, 3.8) is 0 Å². The lowest BCUT2D eigenvalue weighted by atomic mass is 10.1. The molecule has 1 aromatic rings. The van der Waals surface area contributed by atoms with Crippen LogP contribution in [-0.4, -0.2) is 53.2 Å². The lowest BCUT2D eigenvalue weighted by molar-refractivity contribution is -0.137. The highest BCUT2D eigenvalue weighted by molar-refractivity contribution is 7.89. The number of hydrogen-bond acceptors (Lipinski definition) is 5. The molecular weight excluding hydrogens is 313 g/mol. The van der Waals surface area contributed by atoms with Gasteiger partial charge in [0.25, 0.3) is 10.0 Å². The number of β-amino-alcohol motifs (C(OH)–C–C–N with tert-alkyl or cyclic N) is 1. The van der Waals surface area contributed by atoms with Gasteiger partial charge in [-0.1, -0.05) is 0 Å². The van der Waals surface area contributed by atoms with Gasteiger partial charge in [0.1, 0.15) is 5.60 Å². The molecule has 1 aromatic heterocycles. The Kier molecular flexibility index (Phi) is 4.00. The largest absolute Gasteiger partial charge is 0.417 e. The fraction of sp³-hybridized carbons (Fsp3) is 0.545. The summed E-state index contributed by atoms with van der Waals surface area (Å²) < 4.78 is 62.5. The topological polar surface area (TPSA) is 90.7 Å². The highest BCUT2D eigenvalue weighted by atomic mass is 32.2. The molecular formula is C11H13F3N2O4S. The Bertz CT molecular complexity index is 617. The molecule has 0 aliphatic carbocycles. The minimum absolute atomic E-state index is 0.0396. The zero-order valence-corrected chi connectivity index (χ0v) is 11.5. The van der Waals surface area contributed by atoms with Gasteiger partial charge in [-0.05, 0) is 18.6 Å². The second-order valence-corrected chi connectivity index (χ2v) is 6.74. The van der Waals surface area contributed by atoms with Crippen LogP contribution in [0, 0.1) is 0 Å². The highest BCUT2D eigenvalue weighted by Gasteiger charge is 2.42. The first kappa shape index (κ1) is 16.1. The summed E-state index contributed by atoms with van der Waals surface area (Å²) in [5, 5.41) is 18.3. The van der Waals surface area contributed by atoms with Gasteiger partial charge in [0.05, 0.1) is 12.2 Å². The molecule has 0 aromatic carbocycles. The maximum atomic E-state index is 12.4. The molecule has 10 heteroatoms. The smallest absolute Gasteiger partial charge is 0.393 e. The van der Waals surface area contributed by atoms with Gasteiger partial charge in [-0.3, -0.25) is 0 Å². The summed E-state index contributed by atoms with van der Waals surface area (Å²) in [6.07, 6.45) is -4.11. The number of aromatic nitrogens is 1. The van der Waals surface area contributed by atoms with Crippen LogP contribution in [0.1, 0.15) is 12.0 Å². The van der Waals surface area contributed by atoms with Gasteiger partial charge in [-0.25, -0.2) is 13.4 Å². The number of nitrogens with zero attached hydrogens (tertiary/aromatic N) is 2. The van der Waals surface area contributed by atoms with Gasteiger partial charge in [0, 0.05) is 19.3 Å². The van der Waals surface area contributed by atoms with Crippen molar-refractivity contribution in [2.24, 2.45) is 0 Å². The van der Waals surface area contributed by atoms with E-state index in [-0.39, 0.29) is 19.5 Å². The number of sulfonamides is 1. The predicted octanol–water partition coefficient (Wildman–Crippen LogP) is 0.218. The summed E-state index contributed by atoms with van der Waals surface area (Å²) >= 11 is 0. The summed E-state index contributed by atoms with van der Waals surface area (Å²) in [4.78, 5) is 3.34. The van der Waals surface area contributed by atoms with Crippen LogP contribution in [0.25, 0.3) is 0 Å². The van der Waals surface area contributed by atoms with Crippen LogP contribution >= 0.6 is 0 Å². The maximum Gasteiger partial charge on any atom is 0.417 e. The Balaban J connectivity index is 2.25. The Hall–Kier alpha value is -1.23. The Morgan fingerprint density at radius 1 is 1.38 bits per heavy atom. The first-order valence-corrected chi connectivity index (χ1v) is 7.39. The summed E-state index contributed by atoms with van der Waals surface area (Å²) in [5.41, 5.74) is -2.58. The quantitative estimate of drug-likeness (QED) is 0.829. The van der Waals surface area contributed by atoms with Crippen molar-refractivity contribution in [3.05, 3.63) is 23.9 Å². The lowest BCUT2D eigenvalue weighted by Gasteiger charge is -2.20. The standard InChI is InChI=1S/C11H13F3N2O4S/c12-11(13,14)8-1-2-9(15-5-8)21(19,20)16-4-3-10(18,6-16)7-17/h1-2,5,17-18H,3-4,6-7H2/t10-/m1/s1. The molecule has 118 valence electrons. The van der Waals surface area contributed by atoms with Crippen molar-refractivity contribution in [1.29, 1.82) is 0 Å². The first-order chi connectivity index (χ1) is 9.58. The van der Waals surface area contributed by atoms with E-state index in [9.17, 15) is 26.7 Å². The number of rotatable bonds is 3. The van der Waals surface area contributed by atoms with Crippen LogP contribution in [0.5, 0.6) is 0 Å². The molecule has 1 fully saturated rings. The van der Waals surface area contributed by atoms with E-state index in [1.165, 1.54) is 0 Å². The van der Waals surface area contributed by atoms with Crippen molar-refractivity contribution in [3.8, 4) is 0 Å². The number of alkyl halides is 3. The number of aliphatic hydroxyl groups is 2. The van der Waals surface area contributed by atoms with E-state index in [1.807, 2.05) is 0 Å². The van der Waals surface area contributed by atoms with E-state index < -0.39 is 39.0 Å². The maximum absolute atomic E-state index is 12.4. The Labute approximate surface area is 118 Å². The van der Waals surface area contributed by atoms with E-state index in [1.54, 1.807) is 0 Å². The Morgan fingerprint density at radius 2 is 2.05 bits per heavy atom. The summed E-state index contributed by atoms with van der Waals surface area (Å²) in [5.74, 6) is 0. The van der Waals surface area contributed by atoms with Crippen LogP contribution < -0.4 is 0 Å². The lowest BCUT2D eigenvalue weighted by Crippen LogP contribution is -2.39. The van der Waals surface area contributed by atoms with E-state index in [4.69, 9.17) is 5.11 Å². The second kappa shape index (κ2) is 5.20. The molecule has 2 heterocycles. The number of halogens is 3. The minimum atomic E-state index is -4.60. The van der Waals surface area contributed by atoms with Crippen molar-refractivity contribution < 1.29 is 31.8 Å². The molecule has 1 saturated heterocycles. The van der Waals surface area contributed by atoms with Crippen molar-refractivity contribution in [2.45, 2.75) is 23.2 Å². The average molecular weight is 326 g/mol. The summed E-state index contributed by atoms with van der Waals surface area (Å²) in [6.45, 7) is -0.962. The van der Waals surface area contributed by atoms with Gasteiger partial charge < -0.3 is 10.2 Å². The fourth-order valence-corrected chi connectivity index (χ4v) is 3.42. The molecule has 0 spiro atoms. The molecule has 0 unspecified atom stereocenters. The molecule has 6 nitrogen and oxygen atoms in total. The normalized spacial score (nSPS) is 24.4. The first-order valence-electron chi connectivity index (χ1n) is 5.95. The second-order valence-electron chi connectivity index (χ2n) is 4.85. The third kappa shape index (κ3) is 3.18. The van der Waals surface area contributed by atoms with Crippen LogP contribution in [0.2, 0.25) is 0 Å². The van der Waals surface area contributed by atoms with Crippen molar-refractivity contribution in [2.75, 3.05) is 19.7 Å². The zero-order valence-electron chi connectivity index (χ0n) is 10.7. The molecule has 0 bridgehead atoms. The number of hydrogen-bond donors (Lipinski definition) is 2. The van der Waals surface area contributed by atoms with Crippen LogP contribution in [-0.2, 0) is 16.2 Å². The van der Waals surface area contributed by atoms with Gasteiger partial charge in [-0.15, -0.1) is 0 Å². The van der Waals surface area contributed by atoms with Gasteiger partial charge in [0.15, 0.2) is 5.03 Å². The summed E-state index contributed by atoms with van der Waals surface area (Å²) in [6, 6.07) is 1.41. The SMILES string of the molecule is O=S(=O)(c1ccc(C(F)(F)F)cn1)N1CC[C@](O)(CO)C1. The third-order valence-electron chi connectivity index (χ3n) is 3.26. The van der Waals surface area contributed by atoms with Gasteiger partial charge in [0.2, 0.25) is 0 Å². The number of pyridine rings is 1. The molecule has 2 N–H and O–H groups in total. The van der Waals surface area contributed by atoms with Crippen LogP contribution in [0.4, 0.5) is 13.2 Å². The van der Waals surface area contributed by atoms with Gasteiger partial charge >= 0.3 is 6.18 Å². The van der Waals surface area contributed by atoms with E-state index in [0.29, 0.717) is 12.3 Å². The minimum Gasteiger partial charge on any atom is -0.393 e. The monoisotopic (exact) mass is 326 g/mol. The average Bonchev–Trinajstić information content (AvgIpc) is 2.82. The Morgan fingerprint density at radius 3 is 2.48 bits per heavy atom.